The molecule has 0 amide bonds. The van der Waals surface area contributed by atoms with Gasteiger partial charge in [0.15, 0.2) is 0 Å². The van der Waals surface area contributed by atoms with Crippen molar-refractivity contribution in [1.29, 1.82) is 0 Å². The van der Waals surface area contributed by atoms with Crippen LogP contribution in [0.15, 0.2) is 84.9 Å². The van der Waals surface area contributed by atoms with Gasteiger partial charge in [-0.3, -0.25) is 4.79 Å². The van der Waals surface area contributed by atoms with Gasteiger partial charge in [-0.15, -0.1) is 0 Å². The summed E-state index contributed by atoms with van der Waals surface area (Å²) in [5.41, 5.74) is -0.627. The SMILES string of the molecule is O=C(Oc1ccccc1)[C@]1(C(=O)c2ccccc2)O[C@H]1c1ccc(Cl)cc1. The summed E-state index contributed by atoms with van der Waals surface area (Å²) >= 11 is 5.94. The molecule has 2 atom stereocenters. The molecule has 3 aromatic rings. The minimum Gasteiger partial charge on any atom is -0.424 e. The molecule has 0 aliphatic carbocycles. The lowest BCUT2D eigenvalue weighted by Gasteiger charge is -2.12. The highest BCUT2D eigenvalue weighted by atomic mass is 35.5. The van der Waals surface area contributed by atoms with Crippen LogP contribution in [0.1, 0.15) is 22.0 Å². The van der Waals surface area contributed by atoms with Crippen LogP contribution in [-0.4, -0.2) is 17.4 Å². The molecule has 4 rings (SSSR count). The van der Waals surface area contributed by atoms with Crippen molar-refractivity contribution in [3.63, 3.8) is 0 Å². The van der Waals surface area contributed by atoms with E-state index in [1.54, 1.807) is 78.9 Å². The van der Waals surface area contributed by atoms with Crippen LogP contribution >= 0.6 is 11.6 Å². The van der Waals surface area contributed by atoms with Crippen LogP contribution < -0.4 is 4.74 Å². The summed E-state index contributed by atoms with van der Waals surface area (Å²) in [4.78, 5) is 26.1. The summed E-state index contributed by atoms with van der Waals surface area (Å²) in [5, 5.41) is 0.561. The average Bonchev–Trinajstić information content (AvgIpc) is 3.46. The molecule has 0 saturated carbocycles. The number of rotatable bonds is 5. The van der Waals surface area contributed by atoms with Gasteiger partial charge in [-0.25, -0.2) is 4.79 Å². The molecular weight excluding hydrogens is 364 g/mol. The van der Waals surface area contributed by atoms with Crippen molar-refractivity contribution in [2.24, 2.45) is 0 Å². The maximum Gasteiger partial charge on any atom is 0.355 e. The number of ketones is 1. The Morgan fingerprint density at radius 2 is 1.44 bits per heavy atom. The van der Waals surface area contributed by atoms with Gasteiger partial charge in [0.1, 0.15) is 11.9 Å². The number of carbonyl (C=O) groups is 2. The molecule has 0 spiro atoms. The van der Waals surface area contributed by atoms with E-state index in [4.69, 9.17) is 21.1 Å². The van der Waals surface area contributed by atoms with Crippen molar-refractivity contribution in [3.05, 3.63) is 101 Å². The van der Waals surface area contributed by atoms with Crippen LogP contribution in [0, 0.1) is 0 Å². The molecule has 1 aliphatic heterocycles. The Morgan fingerprint density at radius 3 is 2.07 bits per heavy atom. The van der Waals surface area contributed by atoms with Gasteiger partial charge in [0.25, 0.3) is 5.60 Å². The monoisotopic (exact) mass is 378 g/mol. The molecule has 5 heteroatoms. The fourth-order valence-electron chi connectivity index (χ4n) is 2.99. The summed E-state index contributed by atoms with van der Waals surface area (Å²) < 4.78 is 11.2. The second-order valence-electron chi connectivity index (χ2n) is 6.18. The summed E-state index contributed by atoms with van der Waals surface area (Å²) in [6, 6.07) is 24.1. The number of epoxide rings is 1. The second kappa shape index (κ2) is 6.99. The van der Waals surface area contributed by atoms with Crippen molar-refractivity contribution in [1.82, 2.24) is 0 Å². The van der Waals surface area contributed by atoms with Gasteiger partial charge in [0.05, 0.1) is 0 Å². The van der Waals surface area contributed by atoms with Gasteiger partial charge in [0, 0.05) is 10.6 Å². The van der Waals surface area contributed by atoms with Gasteiger partial charge < -0.3 is 9.47 Å². The summed E-state index contributed by atoms with van der Waals surface area (Å²) in [6.45, 7) is 0. The number of hydrogen-bond donors (Lipinski definition) is 0. The molecule has 134 valence electrons. The molecule has 0 bridgehead atoms. The van der Waals surface area contributed by atoms with Crippen molar-refractivity contribution in [2.45, 2.75) is 11.7 Å². The summed E-state index contributed by atoms with van der Waals surface area (Å²) in [7, 11) is 0. The van der Waals surface area contributed by atoms with Crippen molar-refractivity contribution in [3.8, 4) is 5.75 Å². The van der Waals surface area contributed by atoms with E-state index in [1.807, 2.05) is 6.07 Å². The van der Waals surface area contributed by atoms with E-state index in [-0.39, 0.29) is 0 Å². The Hall–Kier alpha value is -2.95. The third kappa shape index (κ3) is 3.25. The quantitative estimate of drug-likeness (QED) is 0.213. The molecule has 3 aromatic carbocycles. The molecule has 0 N–H and O–H groups in total. The van der Waals surface area contributed by atoms with E-state index >= 15 is 0 Å². The van der Waals surface area contributed by atoms with Crippen LogP contribution in [0.3, 0.4) is 0 Å². The van der Waals surface area contributed by atoms with E-state index < -0.39 is 23.5 Å². The first kappa shape index (κ1) is 17.5. The topological polar surface area (TPSA) is 55.9 Å². The van der Waals surface area contributed by atoms with E-state index in [1.165, 1.54) is 0 Å². The lowest BCUT2D eigenvalue weighted by atomic mass is 9.91. The molecular formula is C22H15ClO4. The Morgan fingerprint density at radius 1 is 0.852 bits per heavy atom. The van der Waals surface area contributed by atoms with E-state index in [2.05, 4.69) is 0 Å². The first-order valence-corrected chi connectivity index (χ1v) is 8.79. The van der Waals surface area contributed by atoms with Crippen LogP contribution in [0.25, 0.3) is 0 Å². The minimum atomic E-state index is -1.70. The number of para-hydroxylation sites is 1. The second-order valence-corrected chi connectivity index (χ2v) is 6.62. The highest BCUT2D eigenvalue weighted by Crippen LogP contribution is 2.52. The largest absolute Gasteiger partial charge is 0.424 e. The zero-order chi connectivity index (χ0) is 18.9. The van der Waals surface area contributed by atoms with Gasteiger partial charge in [-0.05, 0) is 29.8 Å². The van der Waals surface area contributed by atoms with Gasteiger partial charge >= 0.3 is 5.97 Å². The number of carbonyl (C=O) groups excluding carboxylic acids is 2. The zero-order valence-corrected chi connectivity index (χ0v) is 14.9. The Labute approximate surface area is 161 Å². The number of esters is 1. The first-order valence-electron chi connectivity index (χ1n) is 8.42. The maximum atomic E-state index is 13.2. The Kier molecular flexibility index (Phi) is 4.52. The number of ether oxygens (including phenoxy) is 2. The highest BCUT2D eigenvalue weighted by Gasteiger charge is 2.70. The maximum absolute atomic E-state index is 13.2. The lowest BCUT2D eigenvalue weighted by Crippen LogP contribution is -2.38. The number of hydrogen-bond acceptors (Lipinski definition) is 4. The minimum absolute atomic E-state index is 0.355. The smallest absolute Gasteiger partial charge is 0.355 e. The van der Waals surface area contributed by atoms with Crippen LogP contribution in [0.4, 0.5) is 0 Å². The molecule has 1 saturated heterocycles. The van der Waals surface area contributed by atoms with E-state index in [9.17, 15) is 9.59 Å². The highest BCUT2D eigenvalue weighted by molar-refractivity contribution is 6.30. The first-order chi connectivity index (χ1) is 13.1. The molecule has 0 aromatic heterocycles. The van der Waals surface area contributed by atoms with Crippen molar-refractivity contribution >= 4 is 23.4 Å². The predicted molar refractivity (Wildman–Crippen MR) is 101 cm³/mol. The molecule has 1 aliphatic rings. The molecule has 27 heavy (non-hydrogen) atoms. The average molecular weight is 379 g/mol. The zero-order valence-electron chi connectivity index (χ0n) is 14.2. The van der Waals surface area contributed by atoms with Crippen molar-refractivity contribution < 1.29 is 19.1 Å². The van der Waals surface area contributed by atoms with Crippen molar-refractivity contribution in [2.75, 3.05) is 0 Å². The molecule has 1 heterocycles. The third-order valence-corrected chi connectivity index (χ3v) is 4.67. The Bertz CT molecular complexity index is 970. The number of Topliss-reactive ketones (excluding diaryl/α,β-unsaturated/α-hetero) is 1. The fourth-order valence-corrected chi connectivity index (χ4v) is 3.11. The molecule has 4 nitrogen and oxygen atoms in total. The summed E-state index contributed by atoms with van der Waals surface area (Å²) in [5.74, 6) is -0.806. The molecule has 0 radical (unpaired) electrons. The predicted octanol–water partition coefficient (Wildman–Crippen LogP) is 4.64. The summed E-state index contributed by atoms with van der Waals surface area (Å²) in [6.07, 6.45) is -0.723. The number of halogens is 1. The third-order valence-electron chi connectivity index (χ3n) is 4.42. The standard InChI is InChI=1S/C22H15ClO4/c23-17-13-11-16(12-14-17)20-22(27-20,19(24)15-7-3-1-4-8-15)21(25)26-18-9-5-2-6-10-18/h1-14,20H/t20-,22+/m0/s1. The van der Waals surface area contributed by atoms with Crippen LogP contribution in [0.5, 0.6) is 5.75 Å². The molecule has 0 unspecified atom stereocenters. The van der Waals surface area contributed by atoms with Gasteiger partial charge in [-0.1, -0.05) is 72.3 Å². The fraction of sp³-hybridized carbons (Fsp3) is 0.0909. The molecule has 1 fully saturated rings. The van der Waals surface area contributed by atoms with Gasteiger partial charge in [-0.2, -0.15) is 0 Å². The van der Waals surface area contributed by atoms with Crippen LogP contribution in [0.2, 0.25) is 5.02 Å². The normalized spacial score (nSPS) is 20.7. The van der Waals surface area contributed by atoms with E-state index in [0.717, 1.165) is 0 Å². The Balaban J connectivity index is 1.69. The van der Waals surface area contributed by atoms with Crippen LogP contribution in [-0.2, 0) is 9.53 Å². The van der Waals surface area contributed by atoms with E-state index in [0.29, 0.717) is 21.9 Å². The van der Waals surface area contributed by atoms with Gasteiger partial charge in [0.2, 0.25) is 5.78 Å². The number of benzene rings is 3. The lowest BCUT2D eigenvalue weighted by molar-refractivity contribution is -0.138.